The first-order valence-corrected chi connectivity index (χ1v) is 9.45. The van der Waals surface area contributed by atoms with E-state index in [-0.39, 0.29) is 0 Å². The maximum absolute atomic E-state index is 6.37. The van der Waals surface area contributed by atoms with Crippen molar-refractivity contribution in [2.24, 2.45) is 0 Å². The van der Waals surface area contributed by atoms with E-state index in [1.165, 1.54) is 0 Å². The molecule has 0 aliphatic carbocycles. The minimum absolute atomic E-state index is 0.754. The molecule has 136 valence electrons. The van der Waals surface area contributed by atoms with Crippen LogP contribution in [0.5, 0.6) is 0 Å². The molecule has 1 saturated heterocycles. The smallest absolute Gasteiger partial charge is 0.229 e. The molecule has 7 heteroatoms. The molecule has 1 fully saturated rings. The van der Waals surface area contributed by atoms with E-state index in [9.17, 15) is 0 Å². The minimum Gasteiger partial charge on any atom is -0.367 e. The Morgan fingerprint density at radius 2 is 1.56 bits per heavy atom. The summed E-state index contributed by atoms with van der Waals surface area (Å²) in [4.78, 5) is 14.1. The number of piperazine rings is 1. The molecule has 27 heavy (non-hydrogen) atoms. The number of nitrogens with zero attached hydrogens (tertiary/aromatic N) is 6. The van der Waals surface area contributed by atoms with E-state index >= 15 is 0 Å². The minimum atomic E-state index is 0.754. The highest BCUT2D eigenvalue weighted by molar-refractivity contribution is 6.33. The standard InChI is InChI=1S/C20H19ClN6/c1-14-22-19-15-6-2-4-8-17(15)23-20(27(19)24-14)26-12-10-25(11-13-26)18-9-5-3-7-16(18)21/h2-9H,10-13H2,1H3. The monoisotopic (exact) mass is 378 g/mol. The van der Waals surface area contributed by atoms with Gasteiger partial charge in [0.25, 0.3) is 0 Å². The van der Waals surface area contributed by atoms with E-state index in [1.54, 1.807) is 0 Å². The van der Waals surface area contributed by atoms with Crippen molar-refractivity contribution in [2.75, 3.05) is 36.0 Å². The third-order valence-corrected chi connectivity index (χ3v) is 5.34. The third kappa shape index (κ3) is 2.77. The normalized spacial score (nSPS) is 15.0. The van der Waals surface area contributed by atoms with Crippen molar-refractivity contribution < 1.29 is 0 Å². The lowest BCUT2D eigenvalue weighted by Crippen LogP contribution is -2.47. The molecule has 5 rings (SSSR count). The highest BCUT2D eigenvalue weighted by atomic mass is 35.5. The summed E-state index contributed by atoms with van der Waals surface area (Å²) in [6.07, 6.45) is 0. The molecule has 2 aromatic heterocycles. The number of hydrogen-bond acceptors (Lipinski definition) is 5. The molecular weight excluding hydrogens is 360 g/mol. The van der Waals surface area contributed by atoms with Crippen LogP contribution in [-0.4, -0.2) is 45.8 Å². The molecule has 0 radical (unpaired) electrons. The highest BCUT2D eigenvalue weighted by Gasteiger charge is 2.23. The quantitative estimate of drug-likeness (QED) is 0.533. The van der Waals surface area contributed by atoms with E-state index in [2.05, 4.69) is 25.9 Å². The number of para-hydroxylation sites is 2. The van der Waals surface area contributed by atoms with Gasteiger partial charge in [0, 0.05) is 31.6 Å². The molecule has 0 atom stereocenters. The van der Waals surface area contributed by atoms with Gasteiger partial charge in [-0.2, -0.15) is 4.52 Å². The maximum atomic E-state index is 6.37. The van der Waals surface area contributed by atoms with E-state index in [1.807, 2.05) is 53.9 Å². The first-order valence-electron chi connectivity index (χ1n) is 9.07. The van der Waals surface area contributed by atoms with Crippen LogP contribution in [0.4, 0.5) is 11.6 Å². The van der Waals surface area contributed by atoms with Crippen molar-refractivity contribution in [1.82, 2.24) is 19.6 Å². The molecule has 1 aliphatic rings. The first-order chi connectivity index (χ1) is 13.2. The Morgan fingerprint density at radius 1 is 0.852 bits per heavy atom. The summed E-state index contributed by atoms with van der Waals surface area (Å²) >= 11 is 6.37. The SMILES string of the molecule is Cc1nc2c3ccccc3nc(N3CCN(c4ccccc4Cl)CC3)n2n1. The van der Waals surface area contributed by atoms with E-state index < -0.39 is 0 Å². The lowest BCUT2D eigenvalue weighted by Gasteiger charge is -2.36. The lowest BCUT2D eigenvalue weighted by molar-refractivity contribution is 0.632. The van der Waals surface area contributed by atoms with E-state index in [0.717, 1.165) is 65.2 Å². The summed E-state index contributed by atoms with van der Waals surface area (Å²) in [6.45, 7) is 5.39. The molecule has 0 N–H and O–H groups in total. The summed E-state index contributed by atoms with van der Waals surface area (Å²) in [6, 6.07) is 16.1. The maximum Gasteiger partial charge on any atom is 0.229 e. The number of aryl methyl sites for hydroxylation is 1. The average Bonchev–Trinajstić information content (AvgIpc) is 3.10. The topological polar surface area (TPSA) is 49.6 Å². The summed E-state index contributed by atoms with van der Waals surface area (Å²) in [5, 5.41) is 6.42. The van der Waals surface area contributed by atoms with Crippen LogP contribution in [0.3, 0.4) is 0 Å². The van der Waals surface area contributed by atoms with Gasteiger partial charge < -0.3 is 9.80 Å². The van der Waals surface area contributed by atoms with Crippen molar-refractivity contribution in [3.8, 4) is 0 Å². The van der Waals surface area contributed by atoms with Gasteiger partial charge in [-0.3, -0.25) is 0 Å². The second kappa shape index (κ2) is 6.39. The van der Waals surface area contributed by atoms with Gasteiger partial charge in [-0.25, -0.2) is 9.97 Å². The summed E-state index contributed by atoms with van der Waals surface area (Å²) in [5.41, 5.74) is 2.90. The Hall–Kier alpha value is -2.86. The average molecular weight is 379 g/mol. The molecule has 0 spiro atoms. The fourth-order valence-electron chi connectivity index (χ4n) is 3.70. The Kier molecular flexibility index (Phi) is 3.86. The van der Waals surface area contributed by atoms with Crippen molar-refractivity contribution >= 4 is 39.8 Å². The van der Waals surface area contributed by atoms with Gasteiger partial charge in [0.1, 0.15) is 5.82 Å². The van der Waals surface area contributed by atoms with Crippen LogP contribution in [0, 0.1) is 6.92 Å². The number of anilines is 2. The predicted molar refractivity (Wildman–Crippen MR) is 109 cm³/mol. The Morgan fingerprint density at radius 3 is 2.37 bits per heavy atom. The fraction of sp³-hybridized carbons (Fsp3) is 0.250. The van der Waals surface area contributed by atoms with Crippen LogP contribution in [0.1, 0.15) is 5.82 Å². The van der Waals surface area contributed by atoms with E-state index in [4.69, 9.17) is 16.6 Å². The lowest BCUT2D eigenvalue weighted by atomic mass is 10.2. The zero-order chi connectivity index (χ0) is 18.4. The molecule has 0 amide bonds. The molecule has 6 nitrogen and oxygen atoms in total. The van der Waals surface area contributed by atoms with Crippen LogP contribution in [0.25, 0.3) is 16.6 Å². The van der Waals surface area contributed by atoms with Crippen molar-refractivity contribution in [3.05, 3.63) is 59.4 Å². The number of fused-ring (bicyclic) bond motifs is 3. The second-order valence-corrected chi connectivity index (χ2v) is 7.16. The molecule has 0 bridgehead atoms. The zero-order valence-corrected chi connectivity index (χ0v) is 15.8. The number of benzene rings is 2. The van der Waals surface area contributed by atoms with Crippen LogP contribution in [-0.2, 0) is 0 Å². The van der Waals surface area contributed by atoms with Crippen LogP contribution in [0.2, 0.25) is 5.02 Å². The van der Waals surface area contributed by atoms with Crippen LogP contribution >= 0.6 is 11.6 Å². The molecule has 1 aliphatic heterocycles. The van der Waals surface area contributed by atoms with Crippen LogP contribution in [0.15, 0.2) is 48.5 Å². The molecular formula is C20H19ClN6. The largest absolute Gasteiger partial charge is 0.367 e. The Labute approximate surface area is 162 Å². The van der Waals surface area contributed by atoms with Gasteiger partial charge in [-0.15, -0.1) is 5.10 Å². The Balaban J connectivity index is 1.50. The van der Waals surface area contributed by atoms with Crippen molar-refractivity contribution in [1.29, 1.82) is 0 Å². The number of halogens is 1. The van der Waals surface area contributed by atoms with Crippen LogP contribution < -0.4 is 9.80 Å². The molecule has 0 saturated carbocycles. The molecule has 3 heterocycles. The van der Waals surface area contributed by atoms with Gasteiger partial charge in [0.15, 0.2) is 5.65 Å². The molecule has 2 aromatic carbocycles. The second-order valence-electron chi connectivity index (χ2n) is 6.75. The van der Waals surface area contributed by atoms with Gasteiger partial charge in [-0.05, 0) is 31.2 Å². The number of aromatic nitrogens is 4. The summed E-state index contributed by atoms with van der Waals surface area (Å²) in [5.74, 6) is 1.60. The molecule has 4 aromatic rings. The first kappa shape index (κ1) is 16.3. The summed E-state index contributed by atoms with van der Waals surface area (Å²) < 4.78 is 1.88. The summed E-state index contributed by atoms with van der Waals surface area (Å²) in [7, 11) is 0. The van der Waals surface area contributed by atoms with Gasteiger partial charge in [-0.1, -0.05) is 35.9 Å². The number of rotatable bonds is 2. The van der Waals surface area contributed by atoms with Gasteiger partial charge >= 0.3 is 0 Å². The fourth-order valence-corrected chi connectivity index (χ4v) is 3.96. The number of hydrogen-bond donors (Lipinski definition) is 0. The van der Waals surface area contributed by atoms with Gasteiger partial charge in [0.05, 0.1) is 16.2 Å². The van der Waals surface area contributed by atoms with Crippen molar-refractivity contribution in [3.63, 3.8) is 0 Å². The highest BCUT2D eigenvalue weighted by Crippen LogP contribution is 2.28. The van der Waals surface area contributed by atoms with Crippen molar-refractivity contribution in [2.45, 2.75) is 6.92 Å². The van der Waals surface area contributed by atoms with E-state index in [0.29, 0.717) is 0 Å². The third-order valence-electron chi connectivity index (χ3n) is 5.02. The predicted octanol–water partition coefficient (Wildman–Crippen LogP) is 3.57. The Bertz CT molecular complexity index is 1130. The zero-order valence-electron chi connectivity index (χ0n) is 15.0. The molecule has 0 unspecified atom stereocenters. The van der Waals surface area contributed by atoms with Gasteiger partial charge in [0.2, 0.25) is 5.95 Å².